The number of ether oxygens (including phenoxy) is 1. The van der Waals surface area contributed by atoms with Crippen LogP contribution in [0.3, 0.4) is 0 Å². The Hall–Kier alpha value is -2.01. The minimum atomic E-state index is -0.693. The average molecular weight is 267 g/mol. The Morgan fingerprint density at radius 3 is 2.89 bits per heavy atom. The highest BCUT2D eigenvalue weighted by Gasteiger charge is 2.16. The molecule has 0 aliphatic heterocycles. The van der Waals surface area contributed by atoms with Crippen molar-refractivity contribution in [1.82, 2.24) is 5.16 Å². The molecule has 1 aromatic carbocycles. The summed E-state index contributed by atoms with van der Waals surface area (Å²) in [6, 6.07) is 8.50. The third-order valence-electron chi connectivity index (χ3n) is 2.20. The third-order valence-corrected chi connectivity index (χ3v) is 2.51. The van der Waals surface area contributed by atoms with Crippen LogP contribution in [-0.2, 0) is 4.79 Å². The number of para-hydroxylation sites is 1. The molecule has 1 atom stereocenters. The predicted octanol–water partition coefficient (Wildman–Crippen LogP) is 2.73. The summed E-state index contributed by atoms with van der Waals surface area (Å²) < 4.78 is 10.1. The van der Waals surface area contributed by atoms with Crippen molar-refractivity contribution in [3.8, 4) is 5.75 Å². The summed E-state index contributed by atoms with van der Waals surface area (Å²) in [6.45, 7) is 1.62. The smallest absolute Gasteiger partial charge is 0.266 e. The zero-order chi connectivity index (χ0) is 13.0. The Bertz CT molecular complexity index is 528. The van der Waals surface area contributed by atoms with Crippen molar-refractivity contribution < 1.29 is 14.1 Å². The first-order valence-electron chi connectivity index (χ1n) is 5.29. The number of hydrogen-bond donors (Lipinski definition) is 1. The first-order valence-corrected chi connectivity index (χ1v) is 5.67. The maximum Gasteiger partial charge on any atom is 0.266 e. The molecule has 0 unspecified atom stereocenters. The number of carbonyl (C=O) groups excluding carboxylic acids is 1. The van der Waals surface area contributed by atoms with E-state index >= 15 is 0 Å². The number of rotatable bonds is 4. The Labute approximate surface area is 109 Å². The molecule has 0 bridgehead atoms. The summed E-state index contributed by atoms with van der Waals surface area (Å²) in [6.07, 6.45) is 0.677. The molecule has 0 aliphatic rings. The van der Waals surface area contributed by atoms with Gasteiger partial charge in [0.05, 0.1) is 5.02 Å². The number of amides is 1. The van der Waals surface area contributed by atoms with Gasteiger partial charge in [-0.2, -0.15) is 0 Å². The Kier molecular flexibility index (Phi) is 3.84. The van der Waals surface area contributed by atoms with Gasteiger partial charge in [0, 0.05) is 6.07 Å². The first kappa shape index (κ1) is 12.4. The van der Waals surface area contributed by atoms with E-state index in [1.807, 2.05) is 0 Å². The number of benzene rings is 1. The van der Waals surface area contributed by atoms with Crippen molar-refractivity contribution in [1.29, 1.82) is 0 Å². The van der Waals surface area contributed by atoms with Crippen LogP contribution >= 0.6 is 11.6 Å². The van der Waals surface area contributed by atoms with Crippen molar-refractivity contribution in [3.05, 3.63) is 41.6 Å². The molecule has 0 fully saturated rings. The van der Waals surface area contributed by atoms with Crippen LogP contribution in [0.5, 0.6) is 5.75 Å². The molecular weight excluding hydrogens is 256 g/mol. The van der Waals surface area contributed by atoms with E-state index in [1.54, 1.807) is 37.3 Å². The van der Waals surface area contributed by atoms with E-state index in [0.29, 0.717) is 16.6 Å². The van der Waals surface area contributed by atoms with Crippen molar-refractivity contribution in [3.63, 3.8) is 0 Å². The summed E-state index contributed by atoms with van der Waals surface area (Å²) in [5.74, 6) is 0.473. The largest absolute Gasteiger partial charge is 0.479 e. The molecule has 0 saturated heterocycles. The van der Waals surface area contributed by atoms with Crippen LogP contribution in [0.15, 0.2) is 41.1 Å². The quantitative estimate of drug-likeness (QED) is 0.924. The van der Waals surface area contributed by atoms with Crippen LogP contribution in [-0.4, -0.2) is 17.2 Å². The van der Waals surface area contributed by atoms with Crippen LogP contribution in [0.2, 0.25) is 5.02 Å². The normalized spacial score (nSPS) is 11.9. The van der Waals surface area contributed by atoms with Gasteiger partial charge >= 0.3 is 0 Å². The molecule has 94 valence electrons. The van der Waals surface area contributed by atoms with Crippen LogP contribution in [0, 0.1) is 0 Å². The Morgan fingerprint density at radius 1 is 1.44 bits per heavy atom. The molecule has 0 spiro atoms. The molecule has 0 saturated carbocycles. The van der Waals surface area contributed by atoms with Gasteiger partial charge in [-0.25, -0.2) is 0 Å². The molecule has 6 heteroatoms. The fourth-order valence-electron chi connectivity index (χ4n) is 1.29. The number of nitrogens with one attached hydrogen (secondary N) is 1. The minimum absolute atomic E-state index is 0.330. The van der Waals surface area contributed by atoms with Gasteiger partial charge in [-0.05, 0) is 19.1 Å². The molecule has 2 rings (SSSR count). The van der Waals surface area contributed by atoms with Gasteiger partial charge < -0.3 is 14.6 Å². The minimum Gasteiger partial charge on any atom is -0.479 e. The first-order chi connectivity index (χ1) is 8.66. The summed E-state index contributed by atoms with van der Waals surface area (Å²) in [4.78, 5) is 11.8. The topological polar surface area (TPSA) is 64.4 Å². The molecule has 1 aromatic heterocycles. The van der Waals surface area contributed by atoms with Gasteiger partial charge in [0.25, 0.3) is 5.91 Å². The lowest BCUT2D eigenvalue weighted by Crippen LogP contribution is -2.30. The summed E-state index contributed by atoms with van der Waals surface area (Å²) in [5, 5.41) is 6.58. The maximum atomic E-state index is 11.8. The Morgan fingerprint density at radius 2 is 2.22 bits per heavy atom. The van der Waals surface area contributed by atoms with Crippen molar-refractivity contribution >= 4 is 23.3 Å². The lowest BCUT2D eigenvalue weighted by molar-refractivity contribution is -0.122. The highest BCUT2D eigenvalue weighted by Crippen LogP contribution is 2.24. The fourth-order valence-corrected chi connectivity index (χ4v) is 1.47. The predicted molar refractivity (Wildman–Crippen MR) is 66.7 cm³/mol. The molecule has 1 heterocycles. The van der Waals surface area contributed by atoms with Gasteiger partial charge in [-0.1, -0.05) is 28.9 Å². The van der Waals surface area contributed by atoms with E-state index in [2.05, 4.69) is 15.0 Å². The molecule has 1 amide bonds. The number of nitrogens with zero attached hydrogens (tertiary/aromatic N) is 1. The van der Waals surface area contributed by atoms with Crippen LogP contribution in [0.4, 0.5) is 5.82 Å². The van der Waals surface area contributed by atoms with Crippen LogP contribution in [0.25, 0.3) is 0 Å². The molecule has 0 radical (unpaired) electrons. The number of carbonyl (C=O) groups is 1. The number of aromatic nitrogens is 1. The molecule has 2 aromatic rings. The lowest BCUT2D eigenvalue weighted by Gasteiger charge is -2.14. The van der Waals surface area contributed by atoms with Gasteiger partial charge in [0.1, 0.15) is 12.0 Å². The second-order valence-corrected chi connectivity index (χ2v) is 3.97. The van der Waals surface area contributed by atoms with E-state index < -0.39 is 6.10 Å². The molecular formula is C12H11ClN2O3. The van der Waals surface area contributed by atoms with Gasteiger partial charge in [0.15, 0.2) is 11.9 Å². The van der Waals surface area contributed by atoms with E-state index in [4.69, 9.17) is 16.3 Å². The molecule has 18 heavy (non-hydrogen) atoms. The summed E-state index contributed by atoms with van der Waals surface area (Å²) >= 11 is 5.93. The van der Waals surface area contributed by atoms with Crippen LogP contribution < -0.4 is 10.1 Å². The van der Waals surface area contributed by atoms with E-state index in [1.165, 1.54) is 6.26 Å². The highest BCUT2D eigenvalue weighted by atomic mass is 35.5. The van der Waals surface area contributed by atoms with E-state index in [-0.39, 0.29) is 5.91 Å². The summed E-state index contributed by atoms with van der Waals surface area (Å²) in [5.41, 5.74) is 0. The Balaban J connectivity index is 1.97. The molecule has 5 nitrogen and oxygen atoms in total. The van der Waals surface area contributed by atoms with Gasteiger partial charge in [-0.15, -0.1) is 0 Å². The molecule has 0 aliphatic carbocycles. The highest BCUT2D eigenvalue weighted by molar-refractivity contribution is 6.32. The number of hydrogen-bond acceptors (Lipinski definition) is 4. The van der Waals surface area contributed by atoms with E-state index in [0.717, 1.165) is 0 Å². The van der Waals surface area contributed by atoms with Gasteiger partial charge in [-0.3, -0.25) is 4.79 Å². The van der Waals surface area contributed by atoms with Crippen LogP contribution in [0.1, 0.15) is 6.92 Å². The number of anilines is 1. The van der Waals surface area contributed by atoms with Crippen molar-refractivity contribution in [2.45, 2.75) is 13.0 Å². The zero-order valence-corrected chi connectivity index (χ0v) is 10.3. The molecule has 1 N–H and O–H groups in total. The zero-order valence-electron chi connectivity index (χ0n) is 9.59. The summed E-state index contributed by atoms with van der Waals surface area (Å²) in [7, 11) is 0. The number of halogens is 1. The van der Waals surface area contributed by atoms with Crippen molar-refractivity contribution in [2.24, 2.45) is 0 Å². The fraction of sp³-hybridized carbons (Fsp3) is 0.167. The standard InChI is InChI=1S/C12H11ClN2O3/c1-8(12(16)14-11-6-7-17-15-11)18-10-5-3-2-4-9(10)13/h2-8H,1H3,(H,14,15,16)/t8-/m0/s1. The monoisotopic (exact) mass is 266 g/mol. The van der Waals surface area contributed by atoms with Crippen molar-refractivity contribution in [2.75, 3.05) is 5.32 Å². The third kappa shape index (κ3) is 3.01. The van der Waals surface area contributed by atoms with E-state index in [9.17, 15) is 4.79 Å². The SMILES string of the molecule is C[C@H](Oc1ccccc1Cl)C(=O)Nc1ccon1. The second-order valence-electron chi connectivity index (χ2n) is 3.56. The second kappa shape index (κ2) is 5.55. The average Bonchev–Trinajstić information content (AvgIpc) is 2.84. The lowest BCUT2D eigenvalue weighted by atomic mass is 10.3. The maximum absolute atomic E-state index is 11.8. The van der Waals surface area contributed by atoms with Gasteiger partial charge in [0.2, 0.25) is 0 Å².